The quantitative estimate of drug-likeness (QED) is 0.483. The molecule has 0 saturated heterocycles. The van der Waals surface area contributed by atoms with E-state index in [0.29, 0.717) is 18.4 Å². The summed E-state index contributed by atoms with van der Waals surface area (Å²) in [5, 5.41) is 14.7. The number of nitrogens with zero attached hydrogens (tertiary/aromatic N) is 1. The Labute approximate surface area is 216 Å². The van der Waals surface area contributed by atoms with Crippen LogP contribution in [0.5, 0.6) is 0 Å². The molecule has 0 radical (unpaired) electrons. The number of aliphatic hydroxyl groups is 1. The number of carbonyl (C=O) groups is 1. The molecule has 0 aromatic heterocycles. The lowest BCUT2D eigenvalue weighted by molar-refractivity contribution is -0.190. The van der Waals surface area contributed by atoms with Crippen LogP contribution in [0.1, 0.15) is 77.2 Å². The van der Waals surface area contributed by atoms with Gasteiger partial charge >= 0.3 is 0 Å². The van der Waals surface area contributed by atoms with Crippen LogP contribution >= 0.6 is 0 Å². The largest absolute Gasteiger partial charge is 0.390 e. The Morgan fingerprint density at radius 3 is 2.53 bits per heavy atom. The second kappa shape index (κ2) is 9.13. The van der Waals surface area contributed by atoms with Crippen LogP contribution in [0.25, 0.3) is 10.8 Å². The smallest absolute Gasteiger partial charge is 0.250 e. The molecule has 4 fully saturated rings. The zero-order valence-corrected chi connectivity index (χ0v) is 22.3. The van der Waals surface area contributed by atoms with E-state index < -0.39 is 5.60 Å². The molecule has 8 atom stereocenters. The summed E-state index contributed by atoms with van der Waals surface area (Å²) >= 11 is 0. The Morgan fingerprint density at radius 1 is 0.944 bits per heavy atom. The number of fused-ring (bicyclic) bond motifs is 6. The van der Waals surface area contributed by atoms with Gasteiger partial charge in [0.15, 0.2) is 0 Å². The van der Waals surface area contributed by atoms with Crippen LogP contribution in [0.2, 0.25) is 0 Å². The first-order valence-corrected chi connectivity index (χ1v) is 14.3. The third kappa shape index (κ3) is 4.09. The molecule has 36 heavy (non-hydrogen) atoms. The highest BCUT2D eigenvalue weighted by Gasteiger charge is 2.59. The van der Waals surface area contributed by atoms with E-state index in [0.717, 1.165) is 49.0 Å². The summed E-state index contributed by atoms with van der Waals surface area (Å²) in [6.07, 6.45) is 10.3. The van der Waals surface area contributed by atoms with Gasteiger partial charge in [-0.2, -0.15) is 0 Å². The van der Waals surface area contributed by atoms with Gasteiger partial charge in [-0.05, 0) is 122 Å². The van der Waals surface area contributed by atoms with Crippen molar-refractivity contribution in [1.29, 1.82) is 0 Å². The SMILES string of the molecule is CON(Cc1ccc2ccccc2c1)C(=O)[C@H]1CC[C@H]2[C@@H]3CC[C@@H]4C[C@](C)(O)CC[C@@H]4[C@H]3CC[C@]12C. The van der Waals surface area contributed by atoms with E-state index in [1.54, 1.807) is 12.2 Å². The molecule has 0 unspecified atom stereocenters. The fourth-order valence-corrected chi connectivity index (χ4v) is 9.40. The van der Waals surface area contributed by atoms with Gasteiger partial charge in [-0.15, -0.1) is 0 Å². The first-order chi connectivity index (χ1) is 17.3. The van der Waals surface area contributed by atoms with Gasteiger partial charge in [0.25, 0.3) is 0 Å². The Bertz CT molecular complexity index is 1130. The van der Waals surface area contributed by atoms with Gasteiger partial charge in [-0.25, -0.2) is 5.06 Å². The Kier molecular flexibility index (Phi) is 6.20. The van der Waals surface area contributed by atoms with Crippen molar-refractivity contribution in [1.82, 2.24) is 5.06 Å². The standard InChI is InChI=1S/C32H43NO3/c1-31(35)16-14-25-24(19-31)10-11-27-26(25)15-17-32(2)28(27)12-13-29(32)30(34)33(36-3)20-21-8-9-22-6-4-5-7-23(22)18-21/h4-9,18,24-29,35H,10-17,19-20H2,1-3H3/t24-,25+,26-,27-,28+,29-,31-,32+/m1/s1. The van der Waals surface area contributed by atoms with E-state index in [1.807, 2.05) is 6.92 Å². The van der Waals surface area contributed by atoms with Crippen LogP contribution in [0.4, 0.5) is 0 Å². The summed E-state index contributed by atoms with van der Waals surface area (Å²) in [4.78, 5) is 19.7. The highest BCUT2D eigenvalue weighted by Crippen LogP contribution is 2.64. The van der Waals surface area contributed by atoms with Crippen LogP contribution in [-0.4, -0.2) is 28.8 Å². The van der Waals surface area contributed by atoms with Crippen molar-refractivity contribution < 1.29 is 14.7 Å². The highest BCUT2D eigenvalue weighted by molar-refractivity contribution is 5.83. The first-order valence-electron chi connectivity index (χ1n) is 14.3. The maximum Gasteiger partial charge on any atom is 0.250 e. The molecule has 194 valence electrons. The lowest BCUT2D eigenvalue weighted by atomic mass is 9.49. The number of hydrogen-bond donors (Lipinski definition) is 1. The molecule has 1 N–H and O–H groups in total. The van der Waals surface area contributed by atoms with Crippen molar-refractivity contribution in [2.24, 2.45) is 40.9 Å². The van der Waals surface area contributed by atoms with Gasteiger partial charge in [0, 0.05) is 5.92 Å². The maximum absolute atomic E-state index is 13.9. The van der Waals surface area contributed by atoms with Crippen LogP contribution < -0.4 is 0 Å². The predicted octanol–water partition coefficient (Wildman–Crippen LogP) is 6.75. The van der Waals surface area contributed by atoms with Crippen molar-refractivity contribution in [3.8, 4) is 0 Å². The Hall–Kier alpha value is -1.91. The minimum Gasteiger partial charge on any atom is -0.390 e. The topological polar surface area (TPSA) is 49.8 Å². The molecule has 0 bridgehead atoms. The van der Waals surface area contributed by atoms with Gasteiger partial charge < -0.3 is 5.11 Å². The third-order valence-corrected chi connectivity index (χ3v) is 11.1. The summed E-state index contributed by atoms with van der Waals surface area (Å²) in [7, 11) is 1.64. The van der Waals surface area contributed by atoms with Crippen molar-refractivity contribution in [2.45, 2.75) is 83.8 Å². The van der Waals surface area contributed by atoms with E-state index >= 15 is 0 Å². The number of amides is 1. The fourth-order valence-electron chi connectivity index (χ4n) is 9.40. The molecular formula is C32H43NO3. The predicted molar refractivity (Wildman–Crippen MR) is 143 cm³/mol. The van der Waals surface area contributed by atoms with Crippen LogP contribution in [0, 0.1) is 40.9 Å². The van der Waals surface area contributed by atoms with Crippen LogP contribution in [-0.2, 0) is 16.2 Å². The lowest BCUT2D eigenvalue weighted by Crippen LogP contribution is -2.52. The van der Waals surface area contributed by atoms with Gasteiger partial charge in [0.2, 0.25) is 5.91 Å². The second-order valence-corrected chi connectivity index (χ2v) is 13.1. The molecule has 0 heterocycles. The zero-order chi connectivity index (χ0) is 25.1. The van der Waals surface area contributed by atoms with Crippen molar-refractivity contribution in [3.63, 3.8) is 0 Å². The monoisotopic (exact) mass is 489 g/mol. The molecule has 4 nitrogen and oxygen atoms in total. The molecule has 0 spiro atoms. The first kappa shape index (κ1) is 24.4. The van der Waals surface area contributed by atoms with Crippen LogP contribution in [0.15, 0.2) is 42.5 Å². The summed E-state index contributed by atoms with van der Waals surface area (Å²) in [6, 6.07) is 14.8. The molecule has 4 heteroatoms. The zero-order valence-electron chi connectivity index (χ0n) is 22.3. The highest BCUT2D eigenvalue weighted by atomic mass is 16.7. The van der Waals surface area contributed by atoms with Gasteiger partial charge in [0.1, 0.15) is 0 Å². The van der Waals surface area contributed by atoms with E-state index in [-0.39, 0.29) is 17.2 Å². The third-order valence-electron chi connectivity index (χ3n) is 11.1. The molecule has 0 aliphatic heterocycles. The molecule has 4 aliphatic carbocycles. The molecular weight excluding hydrogens is 446 g/mol. The number of hydrogen-bond acceptors (Lipinski definition) is 3. The molecule has 2 aromatic rings. The minimum atomic E-state index is -0.462. The number of carbonyl (C=O) groups excluding carboxylic acids is 1. The Morgan fingerprint density at radius 2 is 1.72 bits per heavy atom. The Balaban J connectivity index is 1.18. The molecule has 1 amide bonds. The molecule has 4 saturated carbocycles. The fraction of sp³-hybridized carbons (Fsp3) is 0.656. The van der Waals surface area contributed by atoms with Crippen molar-refractivity contribution in [3.05, 3.63) is 48.0 Å². The number of hydroxylamine groups is 2. The summed E-state index contributed by atoms with van der Waals surface area (Å²) in [5.41, 5.74) is 0.723. The summed E-state index contributed by atoms with van der Waals surface area (Å²) < 4.78 is 0. The molecule has 6 rings (SSSR count). The average Bonchev–Trinajstić information content (AvgIpc) is 3.23. The average molecular weight is 490 g/mol. The van der Waals surface area contributed by atoms with Crippen LogP contribution in [0.3, 0.4) is 0 Å². The maximum atomic E-state index is 13.9. The van der Waals surface area contributed by atoms with Gasteiger partial charge in [-0.3, -0.25) is 9.63 Å². The number of benzene rings is 2. The van der Waals surface area contributed by atoms with Gasteiger partial charge in [0.05, 0.1) is 19.3 Å². The minimum absolute atomic E-state index is 0.0497. The van der Waals surface area contributed by atoms with Gasteiger partial charge in [-0.1, -0.05) is 43.3 Å². The molecule has 4 aliphatic rings. The normalized spacial score (nSPS) is 39.8. The van der Waals surface area contributed by atoms with E-state index in [1.165, 1.54) is 42.9 Å². The lowest BCUT2D eigenvalue weighted by Gasteiger charge is -2.56. The van der Waals surface area contributed by atoms with E-state index in [4.69, 9.17) is 4.84 Å². The van der Waals surface area contributed by atoms with E-state index in [2.05, 4.69) is 49.4 Å². The molecule has 2 aromatic carbocycles. The van der Waals surface area contributed by atoms with E-state index in [9.17, 15) is 9.90 Å². The summed E-state index contributed by atoms with van der Waals surface area (Å²) in [5.74, 6) is 3.90. The van der Waals surface area contributed by atoms with Crippen molar-refractivity contribution >= 4 is 16.7 Å². The van der Waals surface area contributed by atoms with Crippen molar-refractivity contribution in [2.75, 3.05) is 7.11 Å². The summed E-state index contributed by atoms with van der Waals surface area (Å²) in [6.45, 7) is 4.96. The second-order valence-electron chi connectivity index (χ2n) is 13.1. The number of rotatable bonds is 4.